The molecule has 0 bridgehead atoms. The van der Waals surface area contributed by atoms with Gasteiger partial charge in [0, 0.05) is 47.5 Å². The second-order valence-corrected chi connectivity index (χ2v) is 10.3. The highest BCUT2D eigenvalue weighted by Crippen LogP contribution is 2.33. The second kappa shape index (κ2) is 8.83. The molecule has 174 valence electrons. The van der Waals surface area contributed by atoms with Crippen LogP contribution in [0.25, 0.3) is 21.6 Å². The molecular formula is C26H27N5O2S. The Morgan fingerprint density at radius 1 is 1.03 bits per heavy atom. The number of thiophene rings is 1. The molecule has 2 aliphatic rings. The number of aromatic nitrogens is 4. The molecule has 0 spiro atoms. The summed E-state index contributed by atoms with van der Waals surface area (Å²) < 4.78 is 3.87. The summed E-state index contributed by atoms with van der Waals surface area (Å²) in [5, 5.41) is 3.71. The van der Waals surface area contributed by atoms with Gasteiger partial charge in [0.15, 0.2) is 0 Å². The molecule has 1 aliphatic heterocycles. The standard InChI is InChI=1S/C26H27N5O2S/c32-22(12-14-30-16-28-25-23(26(30)33)20-6-1-2-7-21(20)34-25)29-18-10-8-17(9-11-18)24-27-15-19-5-3-4-13-31(19)24/h8-11,15-16H,1-7,12-14H2,(H,29,32). The van der Waals surface area contributed by atoms with Gasteiger partial charge in [-0.05, 0) is 74.8 Å². The second-order valence-electron chi connectivity index (χ2n) is 9.19. The lowest BCUT2D eigenvalue weighted by molar-refractivity contribution is -0.116. The van der Waals surface area contributed by atoms with Crippen molar-refractivity contribution in [3.63, 3.8) is 0 Å². The molecule has 0 radical (unpaired) electrons. The maximum Gasteiger partial charge on any atom is 0.262 e. The number of carbonyl (C=O) groups excluding carboxylic acids is 1. The Hall–Kier alpha value is -3.26. The molecular weight excluding hydrogens is 446 g/mol. The molecule has 1 amide bonds. The fourth-order valence-corrected chi connectivity index (χ4v) is 6.37. The number of amides is 1. The third-order valence-corrected chi connectivity index (χ3v) is 8.15. The van der Waals surface area contributed by atoms with Crippen LogP contribution < -0.4 is 10.9 Å². The van der Waals surface area contributed by atoms with Crippen LogP contribution in [0.4, 0.5) is 5.69 Å². The molecule has 4 aromatic rings. The van der Waals surface area contributed by atoms with Gasteiger partial charge in [0.25, 0.3) is 5.56 Å². The number of imidazole rings is 1. The molecule has 0 saturated heterocycles. The van der Waals surface area contributed by atoms with Crippen molar-refractivity contribution in [2.45, 2.75) is 64.5 Å². The van der Waals surface area contributed by atoms with Crippen LogP contribution in [0.15, 0.2) is 41.6 Å². The van der Waals surface area contributed by atoms with Crippen LogP contribution in [-0.2, 0) is 37.1 Å². The predicted molar refractivity (Wildman–Crippen MR) is 134 cm³/mol. The predicted octanol–water partition coefficient (Wildman–Crippen LogP) is 4.57. The minimum absolute atomic E-state index is 0.0235. The van der Waals surface area contributed by atoms with E-state index in [1.54, 1.807) is 22.2 Å². The smallest absolute Gasteiger partial charge is 0.262 e. The molecule has 1 N–H and O–H groups in total. The Bertz CT molecular complexity index is 1430. The summed E-state index contributed by atoms with van der Waals surface area (Å²) in [6.07, 6.45) is 11.6. The van der Waals surface area contributed by atoms with E-state index in [2.05, 4.69) is 19.9 Å². The zero-order chi connectivity index (χ0) is 23.1. The van der Waals surface area contributed by atoms with E-state index in [9.17, 15) is 9.59 Å². The molecule has 0 unspecified atom stereocenters. The summed E-state index contributed by atoms with van der Waals surface area (Å²) in [6, 6.07) is 7.83. The van der Waals surface area contributed by atoms with E-state index in [1.165, 1.54) is 35.4 Å². The maximum atomic E-state index is 13.1. The van der Waals surface area contributed by atoms with Crippen molar-refractivity contribution in [3.05, 3.63) is 63.3 Å². The van der Waals surface area contributed by atoms with Crippen LogP contribution in [0.3, 0.4) is 0 Å². The minimum Gasteiger partial charge on any atom is -0.328 e. The highest BCUT2D eigenvalue weighted by Gasteiger charge is 2.20. The average Bonchev–Trinajstić information content (AvgIpc) is 3.46. The number of benzene rings is 1. The quantitative estimate of drug-likeness (QED) is 0.461. The Morgan fingerprint density at radius 2 is 1.85 bits per heavy atom. The number of hydrogen-bond acceptors (Lipinski definition) is 5. The number of aryl methyl sites for hydroxylation is 4. The van der Waals surface area contributed by atoms with Gasteiger partial charge >= 0.3 is 0 Å². The van der Waals surface area contributed by atoms with Crippen LogP contribution in [0.5, 0.6) is 0 Å². The van der Waals surface area contributed by atoms with Crippen molar-refractivity contribution >= 4 is 33.1 Å². The highest BCUT2D eigenvalue weighted by atomic mass is 32.1. The first kappa shape index (κ1) is 21.3. The molecule has 8 heteroatoms. The molecule has 6 rings (SSSR count). The lowest BCUT2D eigenvalue weighted by Gasteiger charge is -2.16. The van der Waals surface area contributed by atoms with E-state index in [1.807, 2.05) is 30.5 Å². The molecule has 1 aromatic carbocycles. The average molecular weight is 474 g/mol. The summed E-state index contributed by atoms with van der Waals surface area (Å²) in [7, 11) is 0. The van der Waals surface area contributed by atoms with Crippen LogP contribution in [0.2, 0.25) is 0 Å². The first-order chi connectivity index (χ1) is 16.7. The van der Waals surface area contributed by atoms with E-state index in [4.69, 9.17) is 0 Å². The summed E-state index contributed by atoms with van der Waals surface area (Å²) >= 11 is 1.65. The van der Waals surface area contributed by atoms with Crippen molar-refractivity contribution < 1.29 is 4.79 Å². The van der Waals surface area contributed by atoms with Crippen molar-refractivity contribution in [1.29, 1.82) is 0 Å². The molecule has 7 nitrogen and oxygen atoms in total. The van der Waals surface area contributed by atoms with Gasteiger partial charge in [-0.2, -0.15) is 0 Å². The third kappa shape index (κ3) is 3.86. The first-order valence-corrected chi connectivity index (χ1v) is 12.9. The molecule has 0 atom stereocenters. The molecule has 3 aromatic heterocycles. The Balaban J connectivity index is 1.12. The number of hydrogen-bond donors (Lipinski definition) is 1. The SMILES string of the molecule is O=C(CCn1cnc2sc3c(c2c1=O)CCCC3)Nc1ccc(-c2ncc3n2CCCC3)cc1. The zero-order valence-electron chi connectivity index (χ0n) is 19.0. The number of rotatable bonds is 5. The van der Waals surface area contributed by atoms with Crippen molar-refractivity contribution in [2.75, 3.05) is 5.32 Å². The maximum absolute atomic E-state index is 13.1. The Labute approximate surface area is 201 Å². The van der Waals surface area contributed by atoms with E-state index in [-0.39, 0.29) is 17.9 Å². The van der Waals surface area contributed by atoms with Gasteiger partial charge in [0.05, 0.1) is 11.7 Å². The number of nitrogens with zero attached hydrogens (tertiary/aromatic N) is 4. The van der Waals surface area contributed by atoms with Crippen LogP contribution >= 0.6 is 11.3 Å². The number of anilines is 1. The van der Waals surface area contributed by atoms with E-state index in [0.717, 1.165) is 59.5 Å². The van der Waals surface area contributed by atoms with Gasteiger partial charge in [-0.15, -0.1) is 11.3 Å². The van der Waals surface area contributed by atoms with Crippen molar-refractivity contribution in [1.82, 2.24) is 19.1 Å². The largest absolute Gasteiger partial charge is 0.328 e. The van der Waals surface area contributed by atoms with Gasteiger partial charge in [-0.25, -0.2) is 9.97 Å². The summed E-state index contributed by atoms with van der Waals surface area (Å²) in [4.78, 5) is 36.9. The summed E-state index contributed by atoms with van der Waals surface area (Å²) in [5.74, 6) is 0.871. The molecule has 0 saturated carbocycles. The Morgan fingerprint density at radius 3 is 2.74 bits per heavy atom. The fraction of sp³-hybridized carbons (Fsp3) is 0.385. The van der Waals surface area contributed by atoms with Gasteiger partial charge in [0.1, 0.15) is 10.7 Å². The van der Waals surface area contributed by atoms with Crippen LogP contribution in [-0.4, -0.2) is 25.0 Å². The van der Waals surface area contributed by atoms with Crippen LogP contribution in [0, 0.1) is 0 Å². The number of carbonyl (C=O) groups is 1. The summed E-state index contributed by atoms with van der Waals surface area (Å²) in [6.45, 7) is 1.33. The minimum atomic E-state index is -0.120. The van der Waals surface area contributed by atoms with Gasteiger partial charge in [0.2, 0.25) is 5.91 Å². The summed E-state index contributed by atoms with van der Waals surface area (Å²) in [5.41, 5.74) is 4.25. The highest BCUT2D eigenvalue weighted by molar-refractivity contribution is 7.18. The van der Waals surface area contributed by atoms with Gasteiger partial charge < -0.3 is 9.88 Å². The van der Waals surface area contributed by atoms with Crippen LogP contribution in [0.1, 0.15) is 48.2 Å². The lowest BCUT2D eigenvalue weighted by Crippen LogP contribution is -2.24. The van der Waals surface area contributed by atoms with Gasteiger partial charge in [-0.1, -0.05) is 0 Å². The monoisotopic (exact) mass is 473 g/mol. The number of nitrogens with one attached hydrogen (secondary N) is 1. The number of fused-ring (bicyclic) bond motifs is 4. The van der Waals surface area contributed by atoms with Crippen molar-refractivity contribution in [3.8, 4) is 11.4 Å². The zero-order valence-corrected chi connectivity index (χ0v) is 19.9. The normalized spacial score (nSPS) is 15.2. The molecule has 34 heavy (non-hydrogen) atoms. The van der Waals surface area contributed by atoms with E-state index < -0.39 is 0 Å². The topological polar surface area (TPSA) is 81.8 Å². The third-order valence-electron chi connectivity index (χ3n) is 6.95. The van der Waals surface area contributed by atoms with Crippen molar-refractivity contribution in [2.24, 2.45) is 0 Å². The Kier molecular flexibility index (Phi) is 5.53. The van der Waals surface area contributed by atoms with E-state index >= 15 is 0 Å². The lowest BCUT2D eigenvalue weighted by atomic mass is 9.97. The molecule has 4 heterocycles. The van der Waals surface area contributed by atoms with E-state index in [0.29, 0.717) is 6.54 Å². The fourth-order valence-electron chi connectivity index (χ4n) is 5.16. The molecule has 1 aliphatic carbocycles. The molecule has 0 fully saturated rings. The first-order valence-electron chi connectivity index (χ1n) is 12.1. The van der Waals surface area contributed by atoms with Gasteiger partial charge in [-0.3, -0.25) is 14.2 Å².